The van der Waals surface area contributed by atoms with Gasteiger partial charge in [0, 0.05) is 28.8 Å². The van der Waals surface area contributed by atoms with E-state index in [4.69, 9.17) is 0 Å². The molecule has 0 atom stereocenters. The largest absolute Gasteiger partial charge is 0.383 e. The molecular weight excluding hydrogens is 244 g/mol. The maximum atomic E-state index is 11.7. The Hall–Kier alpha value is -1.29. The average Bonchev–Trinajstić information content (AvgIpc) is 2.29. The summed E-state index contributed by atoms with van der Waals surface area (Å²) in [4.78, 5) is 0. The average molecular weight is 266 g/mol. The lowest BCUT2D eigenvalue weighted by atomic mass is 10.2. The van der Waals surface area contributed by atoms with Crippen LogP contribution >= 0.6 is 0 Å². The van der Waals surface area contributed by atoms with Gasteiger partial charge in [-0.15, -0.1) is 0 Å². The van der Waals surface area contributed by atoms with Crippen molar-refractivity contribution in [2.45, 2.75) is 19.8 Å². The second kappa shape index (κ2) is 7.21. The smallest absolute Gasteiger partial charge is 0.0961 e. The molecule has 0 saturated heterocycles. The molecule has 18 heavy (non-hydrogen) atoms. The van der Waals surface area contributed by atoms with Gasteiger partial charge in [-0.05, 0) is 25.0 Å². The molecular formula is C14H22N2OS. The summed E-state index contributed by atoms with van der Waals surface area (Å²) < 4.78 is 16.0. The quantitative estimate of drug-likeness (QED) is 0.628. The standard InChI is InChI=1S/C14H22N2OS/c1-4-5-6-9-12-15-13-10-7-8-11-14(13)16-18(2,3)17/h5-8,10-11,15H,4,9,12H2,1-3H3/b6-5+. The molecule has 1 rings (SSSR count). The molecule has 0 aliphatic rings. The Labute approximate surface area is 110 Å². The number of hydrogen-bond acceptors (Lipinski definition) is 3. The van der Waals surface area contributed by atoms with Crippen LogP contribution in [-0.2, 0) is 9.73 Å². The second-order valence-corrected chi connectivity index (χ2v) is 6.93. The number of hydrogen-bond donors (Lipinski definition) is 1. The molecule has 1 aromatic rings. The lowest BCUT2D eigenvalue weighted by Crippen LogP contribution is -2.00. The zero-order valence-corrected chi connectivity index (χ0v) is 12.2. The summed E-state index contributed by atoms with van der Waals surface area (Å²) in [6.07, 6.45) is 9.66. The van der Waals surface area contributed by atoms with Crippen molar-refractivity contribution in [1.29, 1.82) is 0 Å². The molecule has 4 heteroatoms. The highest BCUT2D eigenvalue weighted by molar-refractivity contribution is 7.92. The van der Waals surface area contributed by atoms with E-state index >= 15 is 0 Å². The summed E-state index contributed by atoms with van der Waals surface area (Å²) >= 11 is 0. The minimum atomic E-state index is -2.12. The van der Waals surface area contributed by atoms with Gasteiger partial charge in [0.2, 0.25) is 0 Å². The van der Waals surface area contributed by atoms with Crippen LogP contribution in [0.1, 0.15) is 19.8 Å². The molecule has 3 nitrogen and oxygen atoms in total. The van der Waals surface area contributed by atoms with Crippen LogP contribution in [0.15, 0.2) is 40.8 Å². The Morgan fingerprint density at radius 1 is 1.28 bits per heavy atom. The van der Waals surface area contributed by atoms with Gasteiger partial charge in [0.1, 0.15) is 0 Å². The lowest BCUT2D eigenvalue weighted by molar-refractivity contribution is 0.684. The van der Waals surface area contributed by atoms with E-state index in [2.05, 4.69) is 28.8 Å². The number of nitrogens with zero attached hydrogens (tertiary/aromatic N) is 1. The molecule has 0 saturated carbocycles. The number of anilines is 1. The van der Waals surface area contributed by atoms with E-state index in [1.807, 2.05) is 24.3 Å². The molecule has 0 heterocycles. The van der Waals surface area contributed by atoms with Crippen molar-refractivity contribution in [3.05, 3.63) is 36.4 Å². The summed E-state index contributed by atoms with van der Waals surface area (Å²) in [5.41, 5.74) is 1.71. The van der Waals surface area contributed by atoms with Gasteiger partial charge in [-0.25, -0.2) is 4.21 Å². The first-order valence-corrected chi connectivity index (χ1v) is 8.51. The van der Waals surface area contributed by atoms with Crippen LogP contribution in [0, 0.1) is 0 Å². The third-order valence-electron chi connectivity index (χ3n) is 2.25. The number of allylic oxidation sites excluding steroid dienone is 1. The normalized spacial score (nSPS) is 11.7. The molecule has 0 unspecified atom stereocenters. The van der Waals surface area contributed by atoms with Crippen molar-refractivity contribution < 1.29 is 4.21 Å². The third kappa shape index (κ3) is 5.87. The summed E-state index contributed by atoms with van der Waals surface area (Å²) in [6, 6.07) is 7.72. The molecule has 100 valence electrons. The van der Waals surface area contributed by atoms with Gasteiger partial charge >= 0.3 is 0 Å². The Morgan fingerprint density at radius 3 is 2.67 bits per heavy atom. The van der Waals surface area contributed by atoms with E-state index in [-0.39, 0.29) is 0 Å². The summed E-state index contributed by atoms with van der Waals surface area (Å²) in [5, 5.41) is 3.32. The first kappa shape index (κ1) is 14.8. The zero-order chi connectivity index (χ0) is 13.4. The molecule has 1 aromatic carbocycles. The fourth-order valence-corrected chi connectivity index (χ4v) is 2.15. The minimum Gasteiger partial charge on any atom is -0.383 e. The second-order valence-electron chi connectivity index (χ2n) is 4.38. The van der Waals surface area contributed by atoms with Crippen LogP contribution < -0.4 is 5.32 Å². The van der Waals surface area contributed by atoms with Crippen LogP contribution in [0.2, 0.25) is 0 Å². The van der Waals surface area contributed by atoms with Gasteiger partial charge in [0.05, 0.1) is 11.4 Å². The number of para-hydroxylation sites is 1. The molecule has 1 N–H and O–H groups in total. The SMILES string of the molecule is CC/C=C/CCNc1ccccc1N=S(C)(C)=O. The van der Waals surface area contributed by atoms with E-state index < -0.39 is 9.73 Å². The summed E-state index contributed by atoms with van der Waals surface area (Å²) in [7, 11) is -2.12. The Bertz CT molecular complexity index is 506. The van der Waals surface area contributed by atoms with E-state index in [1.54, 1.807) is 12.5 Å². The maximum absolute atomic E-state index is 11.7. The zero-order valence-electron chi connectivity index (χ0n) is 11.3. The van der Waals surface area contributed by atoms with E-state index in [0.29, 0.717) is 0 Å². The van der Waals surface area contributed by atoms with Crippen LogP contribution in [0.3, 0.4) is 0 Å². The topological polar surface area (TPSA) is 41.5 Å². The molecule has 0 aromatic heterocycles. The molecule has 0 aliphatic heterocycles. The molecule has 0 radical (unpaired) electrons. The fraction of sp³-hybridized carbons (Fsp3) is 0.429. The predicted molar refractivity (Wildman–Crippen MR) is 81.1 cm³/mol. The molecule has 0 aliphatic carbocycles. The number of rotatable bonds is 6. The van der Waals surface area contributed by atoms with Crippen LogP contribution in [0.25, 0.3) is 0 Å². The lowest BCUT2D eigenvalue weighted by Gasteiger charge is -2.08. The first-order chi connectivity index (χ1) is 8.53. The Kier molecular flexibility index (Phi) is 5.92. The van der Waals surface area contributed by atoms with Gasteiger partial charge in [-0.3, -0.25) is 0 Å². The highest BCUT2D eigenvalue weighted by atomic mass is 32.2. The van der Waals surface area contributed by atoms with Crippen molar-refractivity contribution in [2.24, 2.45) is 4.36 Å². The van der Waals surface area contributed by atoms with Gasteiger partial charge in [-0.2, -0.15) is 4.36 Å². The highest BCUT2D eigenvalue weighted by Crippen LogP contribution is 2.25. The van der Waals surface area contributed by atoms with E-state index in [1.165, 1.54) is 0 Å². The minimum absolute atomic E-state index is 0.770. The van der Waals surface area contributed by atoms with Gasteiger partial charge in [0.15, 0.2) is 0 Å². The maximum Gasteiger partial charge on any atom is 0.0961 e. The highest BCUT2D eigenvalue weighted by Gasteiger charge is 2.00. The van der Waals surface area contributed by atoms with Crippen molar-refractivity contribution in [3.63, 3.8) is 0 Å². The molecule has 0 amide bonds. The summed E-state index contributed by atoms with van der Waals surface area (Å²) in [6.45, 7) is 2.98. The van der Waals surface area contributed by atoms with E-state index in [0.717, 1.165) is 30.8 Å². The van der Waals surface area contributed by atoms with Crippen LogP contribution in [0.4, 0.5) is 11.4 Å². The van der Waals surface area contributed by atoms with Gasteiger partial charge < -0.3 is 5.32 Å². The van der Waals surface area contributed by atoms with Crippen molar-refractivity contribution in [3.8, 4) is 0 Å². The van der Waals surface area contributed by atoms with Crippen molar-refractivity contribution >= 4 is 21.1 Å². The van der Waals surface area contributed by atoms with Crippen molar-refractivity contribution in [2.75, 3.05) is 24.4 Å². The molecule has 0 bridgehead atoms. The van der Waals surface area contributed by atoms with Gasteiger partial charge in [-0.1, -0.05) is 31.2 Å². The first-order valence-electron chi connectivity index (χ1n) is 6.18. The molecule has 0 spiro atoms. The van der Waals surface area contributed by atoms with Crippen molar-refractivity contribution in [1.82, 2.24) is 0 Å². The van der Waals surface area contributed by atoms with E-state index in [9.17, 15) is 4.21 Å². The monoisotopic (exact) mass is 266 g/mol. The fourth-order valence-electron chi connectivity index (χ4n) is 1.51. The summed E-state index contributed by atoms with van der Waals surface area (Å²) in [5.74, 6) is 0. The van der Waals surface area contributed by atoms with Crippen LogP contribution in [0.5, 0.6) is 0 Å². The molecule has 0 fully saturated rings. The number of nitrogens with one attached hydrogen (secondary N) is 1. The van der Waals surface area contributed by atoms with Gasteiger partial charge in [0.25, 0.3) is 0 Å². The number of benzene rings is 1. The third-order valence-corrected chi connectivity index (χ3v) is 2.89. The van der Waals surface area contributed by atoms with Crippen LogP contribution in [-0.4, -0.2) is 23.3 Å². The predicted octanol–water partition coefficient (Wildman–Crippen LogP) is 3.81. The Balaban J connectivity index is 2.72. The Morgan fingerprint density at radius 2 is 2.00 bits per heavy atom.